The topological polar surface area (TPSA) is 95.7 Å². The fourth-order valence-corrected chi connectivity index (χ4v) is 1.97. The van der Waals surface area contributed by atoms with Crippen molar-refractivity contribution in [3.05, 3.63) is 51.1 Å². The van der Waals surface area contributed by atoms with Crippen LogP contribution in [-0.2, 0) is 20.9 Å². The number of benzene rings is 1. The lowest BCUT2D eigenvalue weighted by Gasteiger charge is -2.04. The van der Waals surface area contributed by atoms with Gasteiger partial charge in [0.25, 0.3) is 0 Å². The van der Waals surface area contributed by atoms with E-state index < -0.39 is 16.9 Å². The van der Waals surface area contributed by atoms with Crippen LogP contribution in [0.5, 0.6) is 0 Å². The van der Waals surface area contributed by atoms with Crippen molar-refractivity contribution >= 4 is 18.0 Å². The maximum absolute atomic E-state index is 11.4. The Hall–Kier alpha value is -2.70. The summed E-state index contributed by atoms with van der Waals surface area (Å²) in [5.74, 6) is -1.26. The molecule has 0 spiro atoms. The number of hydrogen-bond acceptors (Lipinski definition) is 6. The standard InChI is InChI=1S/C14H13NO6/c1-20-14(17)12(15(18)19)4-2-3-9-5-6-10-8-21-13(16)11(10)7-9/h2-3,5-7,12H,4,8H2,1H3/b3-2+. The molecule has 2 rings (SSSR count). The number of carbonyl (C=O) groups excluding carboxylic acids is 2. The van der Waals surface area contributed by atoms with Gasteiger partial charge in [-0.3, -0.25) is 10.1 Å². The summed E-state index contributed by atoms with van der Waals surface area (Å²) in [6.45, 7) is 0.268. The van der Waals surface area contributed by atoms with E-state index in [4.69, 9.17) is 4.74 Å². The molecule has 1 aliphatic heterocycles. The lowest BCUT2D eigenvalue weighted by molar-refractivity contribution is -0.509. The van der Waals surface area contributed by atoms with E-state index in [1.807, 2.05) is 0 Å². The Morgan fingerprint density at radius 3 is 3.00 bits per heavy atom. The molecular formula is C14H13NO6. The van der Waals surface area contributed by atoms with Crippen molar-refractivity contribution in [3.63, 3.8) is 0 Å². The Morgan fingerprint density at radius 2 is 2.33 bits per heavy atom. The second-order valence-electron chi connectivity index (χ2n) is 4.46. The number of hydrogen-bond donors (Lipinski definition) is 0. The second kappa shape index (κ2) is 6.17. The van der Waals surface area contributed by atoms with Crippen LogP contribution in [0.25, 0.3) is 6.08 Å². The van der Waals surface area contributed by atoms with E-state index in [0.29, 0.717) is 11.1 Å². The van der Waals surface area contributed by atoms with Crippen molar-refractivity contribution in [2.24, 2.45) is 0 Å². The van der Waals surface area contributed by atoms with Gasteiger partial charge in [0.15, 0.2) is 0 Å². The van der Waals surface area contributed by atoms with Crippen LogP contribution >= 0.6 is 0 Å². The Kier molecular flexibility index (Phi) is 4.32. The Balaban J connectivity index is 2.08. The third-order valence-corrected chi connectivity index (χ3v) is 3.11. The van der Waals surface area contributed by atoms with Gasteiger partial charge in [-0.15, -0.1) is 0 Å². The van der Waals surface area contributed by atoms with Gasteiger partial charge in [-0.25, -0.2) is 9.59 Å². The molecule has 0 saturated heterocycles. The number of cyclic esters (lactones) is 1. The summed E-state index contributed by atoms with van der Waals surface area (Å²) in [5, 5.41) is 10.7. The van der Waals surface area contributed by atoms with Gasteiger partial charge in [0.1, 0.15) is 6.61 Å². The molecule has 7 heteroatoms. The normalized spacial score (nSPS) is 14.6. The van der Waals surface area contributed by atoms with Crippen LogP contribution in [-0.4, -0.2) is 30.0 Å². The van der Waals surface area contributed by atoms with Crippen LogP contribution in [0.4, 0.5) is 0 Å². The molecule has 110 valence electrons. The van der Waals surface area contributed by atoms with Crippen LogP contribution in [0, 0.1) is 10.1 Å². The third kappa shape index (κ3) is 3.25. The molecule has 0 aromatic heterocycles. The summed E-state index contributed by atoms with van der Waals surface area (Å²) in [4.78, 5) is 32.7. The van der Waals surface area contributed by atoms with Gasteiger partial charge in [-0.1, -0.05) is 24.3 Å². The average Bonchev–Trinajstić information content (AvgIpc) is 2.84. The predicted octanol–water partition coefficient (Wildman–Crippen LogP) is 1.58. The summed E-state index contributed by atoms with van der Waals surface area (Å²) < 4.78 is 9.26. The number of fused-ring (bicyclic) bond motifs is 1. The summed E-state index contributed by atoms with van der Waals surface area (Å²) in [6, 6.07) is 3.77. The van der Waals surface area contributed by atoms with E-state index in [-0.39, 0.29) is 19.0 Å². The molecule has 0 amide bonds. The number of ether oxygens (including phenoxy) is 2. The van der Waals surface area contributed by atoms with E-state index in [9.17, 15) is 19.7 Å². The molecule has 21 heavy (non-hydrogen) atoms. The number of carbonyl (C=O) groups is 2. The van der Waals surface area contributed by atoms with E-state index in [1.165, 1.54) is 6.08 Å². The van der Waals surface area contributed by atoms with E-state index >= 15 is 0 Å². The molecule has 0 N–H and O–H groups in total. The molecular weight excluding hydrogens is 278 g/mol. The van der Waals surface area contributed by atoms with Gasteiger partial charge < -0.3 is 9.47 Å². The highest BCUT2D eigenvalue weighted by Gasteiger charge is 2.29. The highest BCUT2D eigenvalue weighted by Crippen LogP contribution is 2.21. The lowest BCUT2D eigenvalue weighted by Crippen LogP contribution is -2.29. The van der Waals surface area contributed by atoms with Crippen LogP contribution in [0.1, 0.15) is 27.9 Å². The molecule has 1 aromatic carbocycles. The third-order valence-electron chi connectivity index (χ3n) is 3.11. The zero-order valence-electron chi connectivity index (χ0n) is 11.3. The SMILES string of the molecule is COC(=O)C(C/C=C/c1ccc2c(c1)C(=O)OC2)[N+](=O)[O-]. The van der Waals surface area contributed by atoms with E-state index in [0.717, 1.165) is 12.7 Å². The van der Waals surface area contributed by atoms with Gasteiger partial charge in [0.2, 0.25) is 0 Å². The van der Waals surface area contributed by atoms with Crippen LogP contribution in [0.2, 0.25) is 0 Å². The zero-order chi connectivity index (χ0) is 15.4. The first kappa shape index (κ1) is 14.7. The molecule has 1 aliphatic rings. The molecule has 0 saturated carbocycles. The van der Waals surface area contributed by atoms with Crippen molar-refractivity contribution in [2.45, 2.75) is 19.1 Å². The largest absolute Gasteiger partial charge is 0.464 e. The molecule has 1 atom stereocenters. The quantitative estimate of drug-likeness (QED) is 0.464. The first-order valence-electron chi connectivity index (χ1n) is 6.21. The summed E-state index contributed by atoms with van der Waals surface area (Å²) in [5.41, 5.74) is 2.02. The molecule has 0 aliphatic carbocycles. The molecule has 0 bridgehead atoms. The lowest BCUT2D eigenvalue weighted by atomic mass is 10.1. The predicted molar refractivity (Wildman–Crippen MR) is 72.0 cm³/mol. The van der Waals surface area contributed by atoms with Gasteiger partial charge in [-0.05, 0) is 11.6 Å². The first-order chi connectivity index (χ1) is 10.0. The summed E-state index contributed by atoms with van der Waals surface area (Å²) >= 11 is 0. The maximum atomic E-state index is 11.4. The maximum Gasteiger partial charge on any atom is 0.381 e. The van der Waals surface area contributed by atoms with Crippen molar-refractivity contribution in [1.29, 1.82) is 0 Å². The van der Waals surface area contributed by atoms with Crippen LogP contribution in [0.3, 0.4) is 0 Å². The average molecular weight is 291 g/mol. The van der Waals surface area contributed by atoms with E-state index in [2.05, 4.69) is 4.74 Å². The first-order valence-corrected chi connectivity index (χ1v) is 6.21. The molecule has 1 aromatic rings. The van der Waals surface area contributed by atoms with Gasteiger partial charge in [-0.2, -0.15) is 0 Å². The molecule has 1 unspecified atom stereocenters. The fourth-order valence-electron chi connectivity index (χ4n) is 1.97. The van der Waals surface area contributed by atoms with Gasteiger partial charge in [0, 0.05) is 16.9 Å². The number of nitro groups is 1. The zero-order valence-corrected chi connectivity index (χ0v) is 11.3. The van der Waals surface area contributed by atoms with Crippen LogP contribution < -0.4 is 0 Å². The van der Waals surface area contributed by atoms with Crippen molar-refractivity contribution in [3.8, 4) is 0 Å². The minimum Gasteiger partial charge on any atom is -0.464 e. The summed E-state index contributed by atoms with van der Waals surface area (Å²) in [6.07, 6.45) is 3.04. The van der Waals surface area contributed by atoms with Crippen molar-refractivity contribution in [2.75, 3.05) is 7.11 Å². The van der Waals surface area contributed by atoms with E-state index in [1.54, 1.807) is 24.3 Å². The minimum absolute atomic E-state index is 0.0821. The number of esters is 2. The van der Waals surface area contributed by atoms with Crippen molar-refractivity contribution < 1.29 is 24.0 Å². The van der Waals surface area contributed by atoms with Gasteiger partial charge >= 0.3 is 18.0 Å². The fraction of sp³-hybridized carbons (Fsp3) is 0.286. The Bertz CT molecular complexity index is 622. The monoisotopic (exact) mass is 291 g/mol. The smallest absolute Gasteiger partial charge is 0.381 e. The second-order valence-corrected chi connectivity index (χ2v) is 4.46. The van der Waals surface area contributed by atoms with Crippen LogP contribution in [0.15, 0.2) is 24.3 Å². The highest BCUT2D eigenvalue weighted by molar-refractivity contribution is 5.94. The Labute approximate surface area is 120 Å². The molecule has 1 heterocycles. The van der Waals surface area contributed by atoms with Crippen molar-refractivity contribution in [1.82, 2.24) is 0 Å². The number of rotatable bonds is 5. The molecule has 0 fully saturated rings. The summed E-state index contributed by atoms with van der Waals surface area (Å²) in [7, 11) is 1.11. The number of nitrogens with zero attached hydrogens (tertiary/aromatic N) is 1. The molecule has 0 radical (unpaired) electrons. The minimum atomic E-state index is -1.43. The highest BCUT2D eigenvalue weighted by atomic mass is 16.6. The molecule has 7 nitrogen and oxygen atoms in total. The van der Waals surface area contributed by atoms with Gasteiger partial charge in [0.05, 0.1) is 12.7 Å². The Morgan fingerprint density at radius 1 is 1.57 bits per heavy atom. The number of methoxy groups -OCH3 is 1.